The highest BCUT2D eigenvalue weighted by molar-refractivity contribution is 8.00. The van der Waals surface area contributed by atoms with Gasteiger partial charge in [0.2, 0.25) is 11.7 Å². The molecule has 0 radical (unpaired) electrons. The lowest BCUT2D eigenvalue weighted by molar-refractivity contribution is -0.152. The smallest absolute Gasteiger partial charge is 0.416 e. The van der Waals surface area contributed by atoms with Crippen LogP contribution in [0.2, 0.25) is 0 Å². The summed E-state index contributed by atoms with van der Waals surface area (Å²) in [4.78, 5) is 70.8. The molecule has 30 heavy (non-hydrogen) atoms. The predicted molar refractivity (Wildman–Crippen MR) is 106 cm³/mol. The summed E-state index contributed by atoms with van der Waals surface area (Å²) >= 11 is 0.882. The first kappa shape index (κ1) is 27.3. The molecule has 0 spiro atoms. The topological polar surface area (TPSA) is 182 Å². The molecule has 0 heterocycles. The van der Waals surface area contributed by atoms with Crippen molar-refractivity contribution in [1.82, 2.24) is 10.2 Å². The Labute approximate surface area is 177 Å². The van der Waals surface area contributed by atoms with E-state index in [4.69, 9.17) is 15.6 Å². The zero-order chi connectivity index (χ0) is 23.3. The van der Waals surface area contributed by atoms with E-state index in [0.29, 0.717) is 4.90 Å². The molecule has 0 fully saturated rings. The molecule has 3 amide bonds. The van der Waals surface area contributed by atoms with E-state index in [1.54, 1.807) is 13.8 Å². The van der Waals surface area contributed by atoms with Crippen LogP contribution in [-0.4, -0.2) is 89.5 Å². The number of nitrogens with zero attached hydrogens (tertiary/aromatic N) is 1. The zero-order valence-corrected chi connectivity index (χ0v) is 17.9. The Bertz CT molecular complexity index is 656. The van der Waals surface area contributed by atoms with Crippen LogP contribution >= 0.6 is 11.8 Å². The van der Waals surface area contributed by atoms with E-state index in [-0.39, 0.29) is 37.6 Å². The first-order valence-corrected chi connectivity index (χ1v) is 10.2. The summed E-state index contributed by atoms with van der Waals surface area (Å²) in [5, 5.41) is 11.1. The van der Waals surface area contributed by atoms with Gasteiger partial charge in [-0.1, -0.05) is 0 Å². The van der Waals surface area contributed by atoms with Gasteiger partial charge in [0.1, 0.15) is 12.1 Å². The van der Waals surface area contributed by atoms with Crippen LogP contribution in [0.3, 0.4) is 0 Å². The van der Waals surface area contributed by atoms with Crippen LogP contribution < -0.4 is 11.1 Å². The third-order valence-corrected chi connectivity index (χ3v) is 4.56. The second-order valence-corrected chi connectivity index (χ2v) is 6.89. The summed E-state index contributed by atoms with van der Waals surface area (Å²) in [7, 11) is 1.16. The van der Waals surface area contributed by atoms with E-state index >= 15 is 0 Å². The fourth-order valence-corrected chi connectivity index (χ4v) is 2.82. The molecule has 0 aromatic heterocycles. The van der Waals surface area contributed by atoms with Crippen molar-refractivity contribution in [2.45, 2.75) is 38.8 Å². The first-order valence-electron chi connectivity index (χ1n) is 9.04. The number of aliphatic carboxylic acids is 1. The molecule has 12 nitrogen and oxygen atoms in total. The molecule has 0 aliphatic carbocycles. The van der Waals surface area contributed by atoms with Gasteiger partial charge in [0.05, 0.1) is 19.0 Å². The third-order valence-electron chi connectivity index (χ3n) is 3.53. The van der Waals surface area contributed by atoms with Gasteiger partial charge in [0, 0.05) is 19.2 Å². The van der Waals surface area contributed by atoms with Crippen molar-refractivity contribution >= 4 is 47.4 Å². The largest absolute Gasteiger partial charge is 0.480 e. The molecule has 0 rings (SSSR count). The van der Waals surface area contributed by atoms with Gasteiger partial charge in [0.25, 0.3) is 5.91 Å². The minimum absolute atomic E-state index is 0.0311. The van der Waals surface area contributed by atoms with Crippen LogP contribution in [0, 0.1) is 0 Å². The average molecular weight is 449 g/mol. The summed E-state index contributed by atoms with van der Waals surface area (Å²) in [5.41, 5.74) is 5.34. The van der Waals surface area contributed by atoms with E-state index in [1.165, 1.54) is 0 Å². The van der Waals surface area contributed by atoms with Crippen molar-refractivity contribution in [3.63, 3.8) is 0 Å². The van der Waals surface area contributed by atoms with Gasteiger partial charge in [-0.15, -0.1) is 0 Å². The molecule has 0 saturated heterocycles. The minimum atomic E-state index is -1.27. The van der Waals surface area contributed by atoms with Gasteiger partial charge in [-0.25, -0.2) is 14.5 Å². The number of Topliss-reactive ketones (excluding diaryl/α,β-unsaturated/α-hetero) is 1. The number of hydrogen-bond donors (Lipinski definition) is 3. The fourth-order valence-electron chi connectivity index (χ4n) is 1.94. The van der Waals surface area contributed by atoms with Crippen LogP contribution in [0.15, 0.2) is 0 Å². The molecule has 170 valence electrons. The van der Waals surface area contributed by atoms with Crippen molar-refractivity contribution in [2.75, 3.05) is 31.8 Å². The molecule has 2 unspecified atom stereocenters. The number of hydrogen-bond acceptors (Lipinski definition) is 10. The maximum absolute atomic E-state index is 12.6. The van der Waals surface area contributed by atoms with Crippen LogP contribution in [0.25, 0.3) is 0 Å². The zero-order valence-electron chi connectivity index (χ0n) is 17.0. The number of carbonyl (C=O) groups is 6. The van der Waals surface area contributed by atoms with E-state index in [9.17, 15) is 28.8 Å². The molecular weight excluding hydrogens is 422 g/mol. The Morgan fingerprint density at radius 2 is 1.70 bits per heavy atom. The standard InChI is InChI=1S/C17H27N3O9S/c1-4-28-16(26)12(21)9-30-8-11(14(23)20(3)17(27)29-5-2)19-13(22)7-6-10(18)15(24)25/h10-11H,4-9,18H2,1-3H3,(H,19,22)(H,24,25). The second kappa shape index (κ2) is 14.3. The van der Waals surface area contributed by atoms with Crippen LogP contribution in [0.4, 0.5) is 4.79 Å². The average Bonchev–Trinajstić information content (AvgIpc) is 2.70. The highest BCUT2D eigenvalue weighted by Crippen LogP contribution is 2.08. The van der Waals surface area contributed by atoms with E-state index < -0.39 is 47.7 Å². The van der Waals surface area contributed by atoms with Gasteiger partial charge in [-0.2, -0.15) is 11.8 Å². The molecule has 0 saturated carbocycles. The monoisotopic (exact) mass is 449 g/mol. The molecule has 0 aliphatic rings. The molecule has 4 N–H and O–H groups in total. The third kappa shape index (κ3) is 10.2. The Kier molecular flexibility index (Phi) is 13.1. The maximum atomic E-state index is 12.6. The molecule has 0 aromatic carbocycles. The Balaban J connectivity index is 5.03. The number of nitrogens with two attached hydrogens (primary N) is 1. The number of ketones is 1. The quantitative estimate of drug-likeness (QED) is 0.235. The van der Waals surface area contributed by atoms with E-state index in [2.05, 4.69) is 10.1 Å². The summed E-state index contributed by atoms with van der Waals surface area (Å²) in [5.74, 6) is -5.00. The lowest BCUT2D eigenvalue weighted by Crippen LogP contribution is -2.51. The van der Waals surface area contributed by atoms with E-state index in [0.717, 1.165) is 18.8 Å². The summed E-state index contributed by atoms with van der Waals surface area (Å²) in [6.07, 6.45) is -1.36. The maximum Gasteiger partial charge on any atom is 0.416 e. The van der Waals surface area contributed by atoms with Gasteiger partial charge in [0.15, 0.2) is 0 Å². The van der Waals surface area contributed by atoms with Crippen LogP contribution in [0.1, 0.15) is 26.7 Å². The Morgan fingerprint density at radius 1 is 1.10 bits per heavy atom. The molecule has 0 bridgehead atoms. The lowest BCUT2D eigenvalue weighted by atomic mass is 10.1. The van der Waals surface area contributed by atoms with Crippen molar-refractivity contribution in [1.29, 1.82) is 0 Å². The Morgan fingerprint density at radius 3 is 2.23 bits per heavy atom. The molecule has 13 heteroatoms. The summed E-state index contributed by atoms with van der Waals surface area (Å²) in [6.45, 7) is 3.17. The number of thioether (sulfide) groups is 1. The van der Waals surface area contributed by atoms with Gasteiger partial charge >= 0.3 is 18.0 Å². The highest BCUT2D eigenvalue weighted by Gasteiger charge is 2.29. The number of rotatable bonds is 13. The second-order valence-electron chi connectivity index (χ2n) is 5.86. The number of carboxylic acids is 1. The van der Waals surface area contributed by atoms with Crippen molar-refractivity contribution in [3.05, 3.63) is 0 Å². The Hall–Kier alpha value is -2.67. The van der Waals surface area contributed by atoms with Gasteiger partial charge in [-0.3, -0.25) is 19.2 Å². The number of carboxylic acid groups (broad SMARTS) is 1. The van der Waals surface area contributed by atoms with Crippen molar-refractivity contribution < 1.29 is 43.3 Å². The summed E-state index contributed by atoms with van der Waals surface area (Å²) in [6, 6.07) is -2.48. The number of ether oxygens (including phenoxy) is 2. The lowest BCUT2D eigenvalue weighted by Gasteiger charge is -2.23. The highest BCUT2D eigenvalue weighted by atomic mass is 32.2. The van der Waals surface area contributed by atoms with Gasteiger partial charge in [-0.05, 0) is 20.3 Å². The predicted octanol–water partition coefficient (Wildman–Crippen LogP) is -0.856. The molecular formula is C17H27N3O9S. The minimum Gasteiger partial charge on any atom is -0.480 e. The van der Waals surface area contributed by atoms with Crippen LogP contribution in [-0.2, 0) is 33.4 Å². The van der Waals surface area contributed by atoms with Crippen molar-refractivity contribution in [3.8, 4) is 0 Å². The van der Waals surface area contributed by atoms with Gasteiger partial charge < -0.3 is 25.6 Å². The fraction of sp³-hybridized carbons (Fsp3) is 0.647. The summed E-state index contributed by atoms with van der Waals surface area (Å²) < 4.78 is 9.31. The SMILES string of the molecule is CCOC(=O)C(=O)CSCC(NC(=O)CCC(N)C(=O)O)C(=O)N(C)C(=O)OCC. The normalized spacial score (nSPS) is 12.3. The molecule has 0 aliphatic heterocycles. The van der Waals surface area contributed by atoms with E-state index in [1.807, 2.05) is 0 Å². The molecule has 0 aromatic rings. The van der Waals surface area contributed by atoms with Crippen LogP contribution in [0.5, 0.6) is 0 Å². The number of amides is 3. The number of esters is 1. The molecule has 2 atom stereocenters. The number of imide groups is 1. The van der Waals surface area contributed by atoms with Crippen molar-refractivity contribution in [2.24, 2.45) is 5.73 Å². The first-order chi connectivity index (χ1) is 14.0. The number of nitrogens with one attached hydrogen (secondary N) is 1. The number of carbonyl (C=O) groups excluding carboxylic acids is 5. The number of likely N-dealkylation sites (N-methyl/N-ethyl adjacent to an activating group) is 1.